The molecule has 1 heterocycles. The summed E-state index contributed by atoms with van der Waals surface area (Å²) in [5.41, 5.74) is 1.98. The normalized spacial score (nSPS) is 14.2. The summed E-state index contributed by atoms with van der Waals surface area (Å²) in [5.74, 6) is 0. The Morgan fingerprint density at radius 3 is 2.40 bits per heavy atom. The van der Waals surface area contributed by atoms with Gasteiger partial charge in [0.15, 0.2) is 8.77 Å². The summed E-state index contributed by atoms with van der Waals surface area (Å²) in [4.78, 5) is 0. The summed E-state index contributed by atoms with van der Waals surface area (Å²) in [5, 5.41) is 1.21. The van der Waals surface area contributed by atoms with Crippen LogP contribution in [0.1, 0.15) is 5.56 Å². The van der Waals surface area contributed by atoms with E-state index in [1.54, 1.807) is 6.07 Å². The van der Waals surface area contributed by atoms with E-state index in [9.17, 15) is 8.76 Å². The fraction of sp³-hybridized carbons (Fsp3) is 0.0667. The molecule has 2 aromatic carbocycles. The van der Waals surface area contributed by atoms with Crippen molar-refractivity contribution in [3.63, 3.8) is 0 Å². The summed E-state index contributed by atoms with van der Waals surface area (Å²) in [6.45, 7) is 0.526. The largest absolute Gasteiger partial charge is 0.327 e. The second kappa shape index (κ2) is 5.01. The molecule has 0 fully saturated rings. The molecule has 0 radical (unpaired) electrons. The Kier molecular flexibility index (Phi) is 3.33. The van der Waals surface area contributed by atoms with Gasteiger partial charge in [-0.25, -0.2) is 4.21 Å². The van der Waals surface area contributed by atoms with Crippen molar-refractivity contribution in [3.8, 4) is 0 Å². The summed E-state index contributed by atoms with van der Waals surface area (Å²) in [6, 6.07) is 19.2. The smallest absolute Gasteiger partial charge is 0.187 e. The second-order valence-electron chi connectivity index (χ2n) is 4.59. The molecular weight excluding hydrogens is 290 g/mol. The van der Waals surface area contributed by atoms with Crippen molar-refractivity contribution in [3.05, 3.63) is 66.2 Å². The zero-order chi connectivity index (χ0) is 14.2. The highest BCUT2D eigenvalue weighted by molar-refractivity contribution is 8.29. The number of fused-ring (bicyclic) bond motifs is 1. The Morgan fingerprint density at radius 1 is 1.05 bits per heavy atom. The van der Waals surface area contributed by atoms with Gasteiger partial charge in [-0.15, -0.1) is 0 Å². The second-order valence-corrected chi connectivity index (χ2v) is 7.31. The molecule has 3 nitrogen and oxygen atoms in total. The van der Waals surface area contributed by atoms with Crippen LogP contribution in [0.2, 0.25) is 0 Å². The van der Waals surface area contributed by atoms with Crippen LogP contribution in [0.4, 0.5) is 0 Å². The van der Waals surface area contributed by atoms with Gasteiger partial charge in [0.1, 0.15) is 5.03 Å². The Balaban J connectivity index is 2.22. The summed E-state index contributed by atoms with van der Waals surface area (Å²) in [7, 11) is -3.42. The van der Waals surface area contributed by atoms with Gasteiger partial charge in [0, 0.05) is 28.6 Å². The fourth-order valence-corrected chi connectivity index (χ4v) is 3.46. The van der Waals surface area contributed by atoms with Crippen LogP contribution in [-0.2, 0) is 26.5 Å². The van der Waals surface area contributed by atoms with E-state index in [0.29, 0.717) is 6.54 Å². The van der Waals surface area contributed by atoms with Crippen LogP contribution in [0.3, 0.4) is 0 Å². The quantitative estimate of drug-likeness (QED) is 0.807. The van der Waals surface area contributed by atoms with Crippen molar-refractivity contribution in [1.29, 1.82) is 0 Å². The van der Waals surface area contributed by atoms with Crippen LogP contribution >= 0.6 is 0 Å². The van der Waals surface area contributed by atoms with Crippen LogP contribution in [0, 0.1) is 0 Å². The van der Waals surface area contributed by atoms with Gasteiger partial charge in [-0.1, -0.05) is 48.5 Å². The fourth-order valence-electron chi connectivity index (χ4n) is 2.33. The molecule has 0 saturated carbocycles. The number of nitrogens with zero attached hydrogens (tertiary/aromatic N) is 1. The Morgan fingerprint density at radius 2 is 1.70 bits per heavy atom. The van der Waals surface area contributed by atoms with Crippen molar-refractivity contribution in [1.82, 2.24) is 4.57 Å². The van der Waals surface area contributed by atoms with E-state index in [4.69, 9.17) is 11.2 Å². The molecule has 0 spiro atoms. The molecule has 1 atom stereocenters. The van der Waals surface area contributed by atoms with E-state index in [2.05, 4.69) is 0 Å². The summed E-state index contributed by atoms with van der Waals surface area (Å²) >= 11 is 4.76. The lowest BCUT2D eigenvalue weighted by atomic mass is 10.2. The monoisotopic (exact) mass is 303 g/mol. The van der Waals surface area contributed by atoms with Gasteiger partial charge in [0.25, 0.3) is 0 Å². The topological polar surface area (TPSA) is 42.2 Å². The van der Waals surface area contributed by atoms with Crippen LogP contribution in [-0.4, -0.2) is 13.3 Å². The number of hydrogen-bond donors (Lipinski definition) is 1. The zero-order valence-electron chi connectivity index (χ0n) is 10.6. The van der Waals surface area contributed by atoms with E-state index in [-0.39, 0.29) is 5.03 Å². The SMILES string of the molecule is O=S(O)(=S)c1cc2ccccc2n1Cc1ccccc1. The van der Waals surface area contributed by atoms with Crippen LogP contribution in [0.5, 0.6) is 0 Å². The van der Waals surface area contributed by atoms with Gasteiger partial charge in [-0.3, -0.25) is 0 Å². The van der Waals surface area contributed by atoms with Crippen molar-refractivity contribution in [2.45, 2.75) is 11.6 Å². The molecule has 0 bridgehead atoms. The molecule has 0 aliphatic carbocycles. The number of aromatic nitrogens is 1. The Labute approximate surface area is 122 Å². The minimum absolute atomic E-state index is 0.289. The molecular formula is C15H13NO2S2. The third-order valence-corrected chi connectivity index (χ3v) is 4.60. The highest BCUT2D eigenvalue weighted by Crippen LogP contribution is 2.24. The van der Waals surface area contributed by atoms with Gasteiger partial charge in [-0.2, -0.15) is 0 Å². The molecule has 3 rings (SSSR count). The van der Waals surface area contributed by atoms with Crippen molar-refractivity contribution in [2.75, 3.05) is 0 Å². The number of rotatable bonds is 3. The molecule has 20 heavy (non-hydrogen) atoms. The van der Waals surface area contributed by atoms with Gasteiger partial charge in [0.05, 0.1) is 0 Å². The molecule has 0 saturated heterocycles. The van der Waals surface area contributed by atoms with E-state index in [1.807, 2.05) is 59.2 Å². The lowest BCUT2D eigenvalue weighted by Crippen LogP contribution is -2.08. The van der Waals surface area contributed by atoms with E-state index in [0.717, 1.165) is 16.5 Å². The third kappa shape index (κ3) is 2.47. The van der Waals surface area contributed by atoms with E-state index >= 15 is 0 Å². The minimum Gasteiger partial charge on any atom is -0.327 e. The average Bonchev–Trinajstić information content (AvgIpc) is 2.79. The lowest BCUT2D eigenvalue weighted by molar-refractivity contribution is 0.549. The molecule has 3 aromatic rings. The first-order chi connectivity index (χ1) is 9.55. The highest BCUT2D eigenvalue weighted by atomic mass is 32.8. The molecule has 1 unspecified atom stereocenters. The third-order valence-electron chi connectivity index (χ3n) is 3.22. The first-order valence-corrected chi connectivity index (χ1v) is 8.59. The first-order valence-electron chi connectivity index (χ1n) is 6.15. The molecule has 0 aliphatic rings. The summed E-state index contributed by atoms with van der Waals surface area (Å²) in [6.07, 6.45) is 0. The molecule has 1 aromatic heterocycles. The first kappa shape index (κ1) is 13.3. The molecule has 0 aliphatic heterocycles. The van der Waals surface area contributed by atoms with Crippen LogP contribution in [0.15, 0.2) is 65.7 Å². The standard InChI is InChI=1S/C15H13NO2S2/c17-20(18,19)15-10-13-8-4-5-9-14(13)16(15)11-12-6-2-1-3-7-12/h1-10H,11H2,(H,17,18,19). The van der Waals surface area contributed by atoms with Gasteiger partial charge in [-0.05, 0) is 17.7 Å². The highest BCUT2D eigenvalue weighted by Gasteiger charge is 2.16. The van der Waals surface area contributed by atoms with Crippen molar-refractivity contribution >= 4 is 30.9 Å². The number of hydrogen-bond acceptors (Lipinski definition) is 2. The Bertz CT molecular complexity index is 852. The maximum atomic E-state index is 11.9. The average molecular weight is 303 g/mol. The lowest BCUT2D eigenvalue weighted by Gasteiger charge is -2.10. The zero-order valence-corrected chi connectivity index (χ0v) is 12.2. The Hall–Kier alpha value is -1.69. The number of benzene rings is 2. The number of para-hydroxylation sites is 1. The predicted octanol–water partition coefficient (Wildman–Crippen LogP) is 3.27. The van der Waals surface area contributed by atoms with Crippen LogP contribution < -0.4 is 0 Å². The molecule has 1 N–H and O–H groups in total. The maximum Gasteiger partial charge on any atom is 0.187 e. The van der Waals surface area contributed by atoms with E-state index < -0.39 is 8.77 Å². The molecule has 5 heteroatoms. The summed E-state index contributed by atoms with van der Waals surface area (Å²) < 4.78 is 23.5. The van der Waals surface area contributed by atoms with Gasteiger partial charge >= 0.3 is 0 Å². The molecule has 0 amide bonds. The predicted molar refractivity (Wildman–Crippen MR) is 83.9 cm³/mol. The van der Waals surface area contributed by atoms with Gasteiger partial charge < -0.3 is 9.12 Å². The van der Waals surface area contributed by atoms with Gasteiger partial charge in [0.2, 0.25) is 0 Å². The van der Waals surface area contributed by atoms with Crippen LogP contribution in [0.25, 0.3) is 10.9 Å². The van der Waals surface area contributed by atoms with Crippen molar-refractivity contribution in [2.24, 2.45) is 0 Å². The maximum absolute atomic E-state index is 11.9. The minimum atomic E-state index is -3.42. The molecule has 102 valence electrons. The van der Waals surface area contributed by atoms with Crippen molar-refractivity contribution < 1.29 is 8.76 Å². The van der Waals surface area contributed by atoms with E-state index in [1.165, 1.54) is 0 Å².